The van der Waals surface area contributed by atoms with Crippen LogP contribution in [0.25, 0.3) is 11.3 Å². The van der Waals surface area contributed by atoms with Gasteiger partial charge < -0.3 is 25.0 Å². The maximum absolute atomic E-state index is 13.3. The Bertz CT molecular complexity index is 1540. The van der Waals surface area contributed by atoms with E-state index in [1.165, 1.54) is 0 Å². The molecule has 1 aliphatic heterocycles. The predicted molar refractivity (Wildman–Crippen MR) is 161 cm³/mol. The van der Waals surface area contributed by atoms with Gasteiger partial charge in [0.05, 0.1) is 23.3 Å². The molecule has 2 amide bonds. The molecule has 8 nitrogen and oxygen atoms in total. The molecule has 5 rings (SSSR count). The highest BCUT2D eigenvalue weighted by Gasteiger charge is 2.28. The highest BCUT2D eigenvalue weighted by molar-refractivity contribution is 6.38. The molecule has 0 unspecified atom stereocenters. The zero-order valence-corrected chi connectivity index (χ0v) is 23.4. The smallest absolute Gasteiger partial charge is 0.258 e. The maximum atomic E-state index is 13.3. The van der Waals surface area contributed by atoms with Gasteiger partial charge in [-0.3, -0.25) is 9.59 Å². The molecule has 40 heavy (non-hydrogen) atoms. The standard InChI is InChI=1S/C31H31ClN6O2/c1-21(39)38(17-16-36(2)3)26-11-9-25(10-12-26)34-30(29-27-13-8-24(32)18-28(27)35-31(29)40)23-6-4-22(5-7-23)19-37-15-14-33-20-37/h4-15,18,20,34H,16-17,19H2,1-3H3,(H,35,40). The Morgan fingerprint density at radius 3 is 2.42 bits per heavy atom. The number of likely N-dealkylation sites (N-methyl/N-ethyl adjacent to an activating group) is 1. The van der Waals surface area contributed by atoms with Gasteiger partial charge in [-0.05, 0) is 61.6 Å². The van der Waals surface area contributed by atoms with Crippen molar-refractivity contribution in [3.63, 3.8) is 0 Å². The fourth-order valence-corrected chi connectivity index (χ4v) is 4.85. The van der Waals surface area contributed by atoms with Gasteiger partial charge in [-0.15, -0.1) is 0 Å². The van der Waals surface area contributed by atoms with Crippen LogP contribution in [-0.4, -0.2) is 53.5 Å². The number of rotatable bonds is 9. The highest BCUT2D eigenvalue weighted by atomic mass is 35.5. The Labute approximate surface area is 238 Å². The molecule has 1 aliphatic rings. The Morgan fingerprint density at radius 1 is 1.02 bits per heavy atom. The van der Waals surface area contributed by atoms with Crippen LogP contribution in [0.1, 0.15) is 23.6 Å². The molecule has 2 heterocycles. The van der Waals surface area contributed by atoms with Crippen LogP contribution in [0.3, 0.4) is 0 Å². The minimum atomic E-state index is -0.203. The second-order valence-electron chi connectivity index (χ2n) is 9.97. The fraction of sp³-hybridized carbons (Fsp3) is 0.194. The Kier molecular flexibility index (Phi) is 8.00. The Hall–Kier alpha value is -4.40. The third-order valence-electron chi connectivity index (χ3n) is 6.74. The van der Waals surface area contributed by atoms with Crippen LogP contribution < -0.4 is 15.5 Å². The second kappa shape index (κ2) is 11.8. The van der Waals surface area contributed by atoms with E-state index in [9.17, 15) is 9.59 Å². The molecule has 0 radical (unpaired) electrons. The van der Waals surface area contributed by atoms with Crippen LogP contribution in [0, 0.1) is 0 Å². The van der Waals surface area contributed by atoms with Crippen LogP contribution in [0.5, 0.6) is 0 Å². The molecule has 1 aromatic heterocycles. The van der Waals surface area contributed by atoms with Gasteiger partial charge in [0.2, 0.25) is 5.91 Å². The lowest BCUT2D eigenvalue weighted by atomic mass is 9.99. The van der Waals surface area contributed by atoms with E-state index in [0.29, 0.717) is 35.1 Å². The number of carbonyl (C=O) groups excluding carboxylic acids is 2. The van der Waals surface area contributed by atoms with Gasteiger partial charge in [-0.1, -0.05) is 41.9 Å². The number of nitrogens with one attached hydrogen (secondary N) is 2. The number of halogens is 1. The number of hydrogen-bond donors (Lipinski definition) is 2. The number of amides is 2. The van der Waals surface area contributed by atoms with E-state index in [1.807, 2.05) is 84.4 Å². The summed E-state index contributed by atoms with van der Waals surface area (Å²) in [4.78, 5) is 33.5. The third-order valence-corrected chi connectivity index (χ3v) is 6.98. The lowest BCUT2D eigenvalue weighted by molar-refractivity contribution is -0.116. The molecule has 0 saturated heterocycles. The quantitative estimate of drug-likeness (QED) is 0.270. The molecule has 0 spiro atoms. The van der Waals surface area contributed by atoms with Crippen molar-refractivity contribution in [1.82, 2.24) is 14.5 Å². The molecular weight excluding hydrogens is 524 g/mol. The largest absolute Gasteiger partial charge is 0.354 e. The van der Waals surface area contributed by atoms with Crippen molar-refractivity contribution < 1.29 is 9.59 Å². The van der Waals surface area contributed by atoms with Crippen molar-refractivity contribution in [1.29, 1.82) is 0 Å². The summed E-state index contributed by atoms with van der Waals surface area (Å²) in [6.07, 6.45) is 5.46. The molecule has 204 valence electrons. The summed E-state index contributed by atoms with van der Waals surface area (Å²) in [5.74, 6) is -0.218. The number of imidazole rings is 1. The van der Waals surface area contributed by atoms with Gasteiger partial charge >= 0.3 is 0 Å². The number of hydrogen-bond acceptors (Lipinski definition) is 5. The maximum Gasteiger partial charge on any atom is 0.258 e. The molecule has 9 heteroatoms. The average Bonchev–Trinajstić information content (AvgIpc) is 3.55. The van der Waals surface area contributed by atoms with Gasteiger partial charge in [-0.25, -0.2) is 4.98 Å². The van der Waals surface area contributed by atoms with Crippen molar-refractivity contribution in [3.05, 3.63) is 107 Å². The first kappa shape index (κ1) is 27.2. The number of anilines is 3. The van der Waals surface area contributed by atoms with E-state index in [1.54, 1.807) is 36.5 Å². The zero-order chi connectivity index (χ0) is 28.2. The van der Waals surface area contributed by atoms with Crippen molar-refractivity contribution in [2.75, 3.05) is 42.7 Å². The molecule has 0 saturated carbocycles. The van der Waals surface area contributed by atoms with E-state index in [0.717, 1.165) is 34.6 Å². The summed E-state index contributed by atoms with van der Waals surface area (Å²) in [5, 5.41) is 6.99. The summed E-state index contributed by atoms with van der Waals surface area (Å²) in [6, 6.07) is 21.2. The summed E-state index contributed by atoms with van der Waals surface area (Å²) >= 11 is 6.20. The van der Waals surface area contributed by atoms with Gasteiger partial charge in [0.1, 0.15) is 0 Å². The van der Waals surface area contributed by atoms with Gasteiger partial charge in [-0.2, -0.15) is 0 Å². The number of carbonyl (C=O) groups is 2. The van der Waals surface area contributed by atoms with E-state index in [4.69, 9.17) is 11.6 Å². The summed E-state index contributed by atoms with van der Waals surface area (Å²) in [5.41, 5.74) is 6.25. The van der Waals surface area contributed by atoms with E-state index in [-0.39, 0.29) is 11.8 Å². The van der Waals surface area contributed by atoms with Gasteiger partial charge in [0.15, 0.2) is 0 Å². The second-order valence-corrected chi connectivity index (χ2v) is 10.4. The number of fused-ring (bicyclic) bond motifs is 1. The summed E-state index contributed by atoms with van der Waals surface area (Å²) < 4.78 is 2.00. The van der Waals surface area contributed by atoms with Gasteiger partial charge in [0, 0.05) is 60.9 Å². The van der Waals surface area contributed by atoms with Crippen molar-refractivity contribution in [2.45, 2.75) is 13.5 Å². The SMILES string of the molecule is CC(=O)N(CCN(C)C)c1ccc(NC(=C2C(=O)Nc3cc(Cl)ccc32)c2ccc(Cn3ccnc3)cc2)cc1. The van der Waals surface area contributed by atoms with Crippen LogP contribution in [-0.2, 0) is 16.1 Å². The van der Waals surface area contributed by atoms with E-state index in [2.05, 4.69) is 15.6 Å². The predicted octanol–water partition coefficient (Wildman–Crippen LogP) is 5.43. The van der Waals surface area contributed by atoms with Crippen molar-refractivity contribution in [3.8, 4) is 0 Å². The van der Waals surface area contributed by atoms with E-state index < -0.39 is 0 Å². The van der Waals surface area contributed by atoms with Crippen LogP contribution in [0.2, 0.25) is 5.02 Å². The monoisotopic (exact) mass is 554 g/mol. The molecule has 0 bridgehead atoms. The fourth-order valence-electron chi connectivity index (χ4n) is 4.68. The normalized spacial score (nSPS) is 13.7. The molecule has 2 N–H and O–H groups in total. The minimum absolute atomic E-state index is 0.0148. The van der Waals surface area contributed by atoms with E-state index >= 15 is 0 Å². The minimum Gasteiger partial charge on any atom is -0.354 e. The molecule has 4 aromatic rings. The summed E-state index contributed by atoms with van der Waals surface area (Å²) in [6.45, 7) is 3.62. The third kappa shape index (κ3) is 6.09. The lowest BCUT2D eigenvalue weighted by Crippen LogP contribution is -2.35. The Balaban J connectivity index is 1.50. The number of benzene rings is 3. The van der Waals surface area contributed by atoms with Crippen LogP contribution in [0.15, 0.2) is 85.5 Å². The molecule has 0 fully saturated rings. The molecule has 0 atom stereocenters. The molecular formula is C31H31ClN6O2. The van der Waals surface area contributed by atoms with Gasteiger partial charge in [0.25, 0.3) is 5.91 Å². The lowest BCUT2D eigenvalue weighted by Gasteiger charge is -2.23. The first-order valence-corrected chi connectivity index (χ1v) is 13.4. The topological polar surface area (TPSA) is 82.5 Å². The number of aromatic nitrogens is 2. The molecule has 0 aliphatic carbocycles. The molecule has 3 aromatic carbocycles. The highest BCUT2D eigenvalue weighted by Crippen LogP contribution is 2.39. The van der Waals surface area contributed by atoms with Crippen molar-refractivity contribution in [2.24, 2.45) is 0 Å². The first-order valence-electron chi connectivity index (χ1n) is 13.0. The van der Waals surface area contributed by atoms with Crippen LogP contribution in [0.4, 0.5) is 17.1 Å². The number of nitrogens with zero attached hydrogens (tertiary/aromatic N) is 4. The Morgan fingerprint density at radius 2 is 1.77 bits per heavy atom. The zero-order valence-electron chi connectivity index (χ0n) is 22.7. The average molecular weight is 555 g/mol. The first-order chi connectivity index (χ1) is 19.3. The van der Waals surface area contributed by atoms with Crippen molar-refractivity contribution >= 4 is 51.7 Å². The van der Waals surface area contributed by atoms with Crippen LogP contribution >= 0.6 is 11.6 Å². The summed E-state index contributed by atoms with van der Waals surface area (Å²) in [7, 11) is 3.96.